The lowest BCUT2D eigenvalue weighted by Crippen LogP contribution is -2.70. The van der Waals surface area contributed by atoms with Crippen LogP contribution in [0, 0.1) is 50.2 Å². The third-order valence-corrected chi connectivity index (χ3v) is 30.1. The van der Waals surface area contributed by atoms with Crippen molar-refractivity contribution in [1.82, 2.24) is 5.32 Å². The lowest BCUT2D eigenvalue weighted by atomic mass is 9.32. The number of rotatable bonds is 25. The van der Waals surface area contributed by atoms with Crippen molar-refractivity contribution in [3.05, 3.63) is 53.6 Å². The third-order valence-electron chi connectivity index (χ3n) is 30.1. The summed E-state index contributed by atoms with van der Waals surface area (Å²) in [6.07, 6.45) is -54.9. The van der Waals surface area contributed by atoms with Crippen molar-refractivity contribution >= 4 is 29.9 Å². The van der Waals surface area contributed by atoms with Crippen molar-refractivity contribution in [2.75, 3.05) is 46.2 Å². The number of carbonyl (C=O) groups excluding carboxylic acids is 4. The Balaban J connectivity index is 0.738. The maximum absolute atomic E-state index is 16.5. The molecule has 8 saturated heterocycles. The number of fused-ring (bicyclic) bond motifs is 7. The molecule has 1 amide bonds. The Morgan fingerprint density at radius 2 is 1.08 bits per heavy atom. The Labute approximate surface area is 738 Å². The van der Waals surface area contributed by atoms with E-state index in [2.05, 4.69) is 46.0 Å². The number of aliphatic hydroxyl groups is 19. The average Bonchev–Trinajstić information content (AvgIpc) is 0.724. The summed E-state index contributed by atoms with van der Waals surface area (Å²) in [5.74, 6) is -4.63. The minimum absolute atomic E-state index is 0.0106. The number of benzene rings is 1. The van der Waals surface area contributed by atoms with Gasteiger partial charge in [0.2, 0.25) is 12.2 Å². The number of allylic oxidation sites excluding steroid dienone is 2. The van der Waals surface area contributed by atoms with Gasteiger partial charge in [-0.2, -0.15) is 0 Å². The SMILES string of the molecule is CC(=O)N[C@@H]1[C@@H](O[C@H]2CC[C@]3(C)[C@H]4CC=C5[C@@H]6C(C)(C)CCC[C@@]6(C(=O)O[C@@H]6O[C@H](COC(C)=O)[C@@H](O[C@H]7OC[C@@H](O)[C@@H](O)[C@H]7OC(=O)/C=C\c7ccccc7)[C@H](O)[C@H]6O[C@@H]6OC[C@@H](O)[C@H](O[C@H]7O[C@H](CO)[C@H](O)[C@@H]7O)[C@@H]6O)[C@H](O)C[C@]5(C)[C@@]4(C)CC[C@H]3C2(C)C)O[C@@H](CO[C@@H]2OC[C@@H](O)[C@@H](O[C@H]3C[C@@H](O)[C@H](O)[C@@H](O)O3)[C@H]2O)[C@H](O[C@@H]2O[C@H](CO)[C@H](O)[C@@H](O)[C@H]2O)[C@H]1O. The lowest BCUT2D eigenvalue weighted by Gasteiger charge is -2.72. The van der Waals surface area contributed by atoms with Crippen LogP contribution in [0.5, 0.6) is 0 Å². The van der Waals surface area contributed by atoms with Gasteiger partial charge in [0.1, 0.15) is 152 Å². The zero-order chi connectivity index (χ0) is 92.7. The van der Waals surface area contributed by atoms with Crippen LogP contribution < -0.4 is 5.32 Å². The summed E-state index contributed by atoms with van der Waals surface area (Å²) in [6, 6.07) is 7.13. The van der Waals surface area contributed by atoms with Crippen LogP contribution in [0.15, 0.2) is 48.1 Å². The van der Waals surface area contributed by atoms with Gasteiger partial charge in [0.15, 0.2) is 62.5 Å². The van der Waals surface area contributed by atoms with E-state index in [1.165, 1.54) is 13.0 Å². The molecule has 0 bridgehead atoms. The van der Waals surface area contributed by atoms with Crippen LogP contribution in [0.3, 0.4) is 0 Å². The molecule has 1 aromatic carbocycles. The number of ether oxygens (including phenoxy) is 18. The summed E-state index contributed by atoms with van der Waals surface area (Å²) in [5, 5.41) is 216. The van der Waals surface area contributed by atoms with Crippen molar-refractivity contribution in [3.8, 4) is 0 Å². The van der Waals surface area contributed by atoms with Gasteiger partial charge in [0, 0.05) is 32.3 Å². The molecule has 8 aliphatic heterocycles. The van der Waals surface area contributed by atoms with E-state index in [0.717, 1.165) is 18.6 Å². The van der Waals surface area contributed by atoms with Crippen molar-refractivity contribution in [2.24, 2.45) is 50.2 Å². The molecular formula is C86H129NO41. The van der Waals surface area contributed by atoms with Crippen LogP contribution in [-0.4, -0.2) is 395 Å². The topological polar surface area (TPSA) is 631 Å². The first-order valence-corrected chi connectivity index (χ1v) is 44.1. The molecule has 0 spiro atoms. The molecule has 12 fully saturated rings. The molecule has 13 aliphatic rings. The highest BCUT2D eigenvalue weighted by Crippen LogP contribution is 2.77. The molecule has 724 valence electrons. The van der Waals surface area contributed by atoms with Crippen LogP contribution >= 0.6 is 0 Å². The molecular weight excluding hydrogens is 1700 g/mol. The second-order valence-corrected chi connectivity index (χ2v) is 38.7. The molecule has 8 heterocycles. The molecule has 14 rings (SSSR count). The van der Waals surface area contributed by atoms with Crippen molar-refractivity contribution in [1.29, 1.82) is 0 Å². The van der Waals surface area contributed by atoms with Crippen molar-refractivity contribution in [3.63, 3.8) is 0 Å². The van der Waals surface area contributed by atoms with Gasteiger partial charge in [-0.25, -0.2) is 4.79 Å². The van der Waals surface area contributed by atoms with Gasteiger partial charge in [-0.1, -0.05) is 96.9 Å². The maximum Gasteiger partial charge on any atom is 0.331 e. The van der Waals surface area contributed by atoms with Crippen LogP contribution in [-0.2, 0) is 104 Å². The van der Waals surface area contributed by atoms with E-state index in [1.807, 2.05) is 13.8 Å². The zero-order valence-electron chi connectivity index (χ0n) is 72.7. The van der Waals surface area contributed by atoms with E-state index in [-0.39, 0.29) is 31.1 Å². The van der Waals surface area contributed by atoms with Crippen LogP contribution in [0.1, 0.15) is 132 Å². The van der Waals surface area contributed by atoms with E-state index in [1.54, 1.807) is 30.3 Å². The first kappa shape index (κ1) is 99.2. The van der Waals surface area contributed by atoms with Crippen LogP contribution in [0.2, 0.25) is 0 Å². The number of aliphatic hydroxyl groups excluding tert-OH is 19. The number of hydrogen-bond acceptors (Lipinski definition) is 41. The highest BCUT2D eigenvalue weighted by atomic mass is 16.8. The molecule has 0 aromatic heterocycles. The minimum atomic E-state index is -2.20. The fourth-order valence-electron chi connectivity index (χ4n) is 23.2. The molecule has 4 saturated carbocycles. The summed E-state index contributed by atoms with van der Waals surface area (Å²) in [6.45, 7) is 12.2. The first-order chi connectivity index (χ1) is 60.4. The Kier molecular flexibility index (Phi) is 30.6. The molecule has 42 heteroatoms. The number of amides is 1. The molecule has 128 heavy (non-hydrogen) atoms. The predicted octanol–water partition coefficient (Wildman–Crippen LogP) is -5.25. The highest BCUT2D eigenvalue weighted by Gasteiger charge is 2.74. The third kappa shape index (κ3) is 18.9. The van der Waals surface area contributed by atoms with Crippen LogP contribution in [0.25, 0.3) is 6.08 Å². The largest absolute Gasteiger partial charge is 0.463 e. The Morgan fingerprint density at radius 3 is 1.73 bits per heavy atom. The second-order valence-electron chi connectivity index (χ2n) is 38.7. The van der Waals surface area contributed by atoms with Gasteiger partial charge in [0.05, 0.1) is 58.0 Å². The number of hydrogen-bond donors (Lipinski definition) is 20. The molecule has 0 radical (unpaired) electrons. The van der Waals surface area contributed by atoms with Gasteiger partial charge in [0.25, 0.3) is 0 Å². The molecule has 5 aliphatic carbocycles. The average molecular weight is 1830 g/mol. The first-order valence-electron chi connectivity index (χ1n) is 44.1. The predicted molar refractivity (Wildman–Crippen MR) is 425 cm³/mol. The van der Waals surface area contributed by atoms with E-state index in [4.69, 9.17) is 85.3 Å². The zero-order valence-corrected chi connectivity index (χ0v) is 72.7. The number of carbonyl (C=O) groups is 4. The number of esters is 3. The van der Waals surface area contributed by atoms with E-state index in [0.29, 0.717) is 50.5 Å². The Morgan fingerprint density at radius 1 is 0.500 bits per heavy atom. The smallest absolute Gasteiger partial charge is 0.331 e. The van der Waals surface area contributed by atoms with Gasteiger partial charge in [-0.05, 0) is 102 Å². The van der Waals surface area contributed by atoms with Crippen molar-refractivity contribution in [2.45, 2.75) is 354 Å². The van der Waals surface area contributed by atoms with Crippen molar-refractivity contribution < 1.29 is 201 Å². The monoisotopic (exact) mass is 1830 g/mol. The normalized spacial score (nSPS) is 48.9. The number of nitrogens with one attached hydrogen (secondary N) is 1. The van der Waals surface area contributed by atoms with E-state index >= 15 is 4.79 Å². The summed E-state index contributed by atoms with van der Waals surface area (Å²) in [4.78, 5) is 56.3. The van der Waals surface area contributed by atoms with Gasteiger partial charge >= 0.3 is 17.9 Å². The summed E-state index contributed by atoms with van der Waals surface area (Å²) < 4.78 is 110. The van der Waals surface area contributed by atoms with Gasteiger partial charge < -0.3 is 188 Å². The maximum atomic E-state index is 16.5. The Bertz CT molecular complexity index is 3990. The highest BCUT2D eigenvalue weighted by molar-refractivity contribution is 5.87. The second kappa shape index (κ2) is 39.5. The standard InChI is InChI=1S/C86H129NO41/c1-35(90)87-53-58(102)67(125-77-61(105)59(103)56(100)43(28-88)116-77)46(34-115-74-63(107)65(41(94)31-112-74)122-52-26-39(92)55(99)72(109)123-52)118-73(53)120-50-21-24-83(7)47(82(50,5)6)20-25-84(8)48(83)18-17-38-71-81(3,4)22-13-23-86(71,49(96)27-85(38,84)9)80(110)128-79-70(127-75-64(108)66(42(95)32-113-75)124-76-60(104)57(101)44(29-89)117-76)62(106)68(45(119-79)33-111-36(2)91)126-78-69(54(98)40(93)30-114-78)121-51(97)19-16-37-14-11-10-12-15-37/h10-12,14-17,19,39-50,52-79,88-89,92-96,98-109H,13,18,20-34H2,1-9H3,(H,87,90)/b19-16-/t39-,40-,41-,42-,43-,44-,45-,46+,47+,48-,49-,50+,52-,53+,54-,55+,56+,57+,58+,59-,60+,61-,62+,63-,64+,65-,66+,67+,68-,69-,70-,71-,72+,73-,74+,75+,76-,77+,78-,79+,83+,84+,85+,86-/m1/s1. The summed E-state index contributed by atoms with van der Waals surface area (Å²) in [7, 11) is 0. The van der Waals surface area contributed by atoms with Crippen LogP contribution in [0.4, 0.5) is 0 Å². The molecule has 42 nitrogen and oxygen atoms in total. The van der Waals surface area contributed by atoms with E-state index < -0.39 is 336 Å². The Hall–Kier alpha value is -4.78. The minimum Gasteiger partial charge on any atom is -0.463 e. The molecule has 44 atom stereocenters. The quantitative estimate of drug-likeness (QED) is 0.0143. The van der Waals surface area contributed by atoms with Gasteiger partial charge in [-0.3, -0.25) is 14.4 Å². The molecule has 0 unspecified atom stereocenters. The summed E-state index contributed by atoms with van der Waals surface area (Å²) in [5.41, 5.74) is -3.90. The van der Waals surface area contributed by atoms with E-state index in [9.17, 15) is 111 Å². The lowest BCUT2D eigenvalue weighted by molar-refractivity contribution is -0.377. The van der Waals surface area contributed by atoms with Gasteiger partial charge in [-0.15, -0.1) is 0 Å². The fraction of sp³-hybridized carbons (Fsp3) is 0.837. The molecule has 20 N–H and O–H groups in total. The fourth-order valence-corrected chi connectivity index (χ4v) is 23.2. The summed E-state index contributed by atoms with van der Waals surface area (Å²) >= 11 is 0. The molecule has 1 aromatic rings.